The highest BCUT2D eigenvalue weighted by Crippen LogP contribution is 2.41. The fourth-order valence-electron chi connectivity index (χ4n) is 4.49. The number of nitrogens with zero attached hydrogens (tertiary/aromatic N) is 1. The summed E-state index contributed by atoms with van der Waals surface area (Å²) >= 11 is 0. The third kappa shape index (κ3) is 3.88. The molecule has 0 amide bonds. The van der Waals surface area contributed by atoms with Gasteiger partial charge in [-0.15, -0.1) is 12.4 Å². The Morgan fingerprint density at radius 3 is 2.58 bits per heavy atom. The molecular formula is C23H25ClN2O4S. The highest BCUT2D eigenvalue weighted by molar-refractivity contribution is 7.92. The Kier molecular flexibility index (Phi) is 5.66. The summed E-state index contributed by atoms with van der Waals surface area (Å²) in [6, 6.07) is 10.7. The fraction of sp³-hybridized carbons (Fsp3) is 0.304. The second-order valence-corrected chi connectivity index (χ2v) is 9.67. The minimum atomic E-state index is -3.82. The van der Waals surface area contributed by atoms with E-state index in [-0.39, 0.29) is 17.3 Å². The Morgan fingerprint density at radius 1 is 1.13 bits per heavy atom. The standard InChI is InChI=1S/C23H24N2O4S.ClH/c1-15-3-4-21(28-2)22(11-15)30(26,27)24-18-12-17-7-10-29-23(17)19(13-18)20-14-25-8-5-16(20)6-9-25;/h3-4,7,10-14,16,24H,5-6,8-9H2,1-2H3;1H. The molecule has 4 heterocycles. The molecule has 6 nitrogen and oxygen atoms in total. The monoisotopic (exact) mass is 460 g/mol. The Balaban J connectivity index is 0.00000231. The molecule has 0 aliphatic carbocycles. The maximum atomic E-state index is 13.2. The number of furan rings is 1. The highest BCUT2D eigenvalue weighted by Gasteiger charge is 2.30. The zero-order valence-electron chi connectivity index (χ0n) is 17.4. The molecule has 164 valence electrons. The molecule has 1 aromatic heterocycles. The summed E-state index contributed by atoms with van der Waals surface area (Å²) in [6.45, 7) is 4.01. The predicted molar refractivity (Wildman–Crippen MR) is 124 cm³/mol. The first-order valence-electron chi connectivity index (χ1n) is 10.1. The van der Waals surface area contributed by atoms with Crippen molar-refractivity contribution in [2.45, 2.75) is 24.7 Å². The number of nitrogens with one attached hydrogen (secondary N) is 1. The van der Waals surface area contributed by atoms with Gasteiger partial charge in [-0.25, -0.2) is 8.42 Å². The third-order valence-corrected chi connectivity index (χ3v) is 7.42. The topological polar surface area (TPSA) is 71.8 Å². The van der Waals surface area contributed by atoms with Crippen LogP contribution in [-0.2, 0) is 10.0 Å². The van der Waals surface area contributed by atoms with Crippen molar-refractivity contribution in [2.24, 2.45) is 5.92 Å². The molecule has 3 aliphatic rings. The van der Waals surface area contributed by atoms with Gasteiger partial charge in [-0.1, -0.05) is 6.07 Å². The average Bonchev–Trinajstić information content (AvgIpc) is 3.22. The molecule has 0 radical (unpaired) electrons. The summed E-state index contributed by atoms with van der Waals surface area (Å²) in [7, 11) is -2.35. The molecule has 3 aromatic rings. The van der Waals surface area contributed by atoms with Gasteiger partial charge in [-0.05, 0) is 67.2 Å². The molecule has 8 heteroatoms. The number of piperidine rings is 1. The molecular weight excluding hydrogens is 436 g/mol. The van der Waals surface area contributed by atoms with Crippen molar-refractivity contribution in [3.63, 3.8) is 0 Å². The number of hydrogen-bond donors (Lipinski definition) is 1. The summed E-state index contributed by atoms with van der Waals surface area (Å²) in [5.41, 5.74) is 4.34. The second kappa shape index (κ2) is 8.13. The van der Waals surface area contributed by atoms with Crippen LogP contribution in [0, 0.1) is 12.8 Å². The van der Waals surface area contributed by atoms with Crippen LogP contribution >= 0.6 is 12.4 Å². The van der Waals surface area contributed by atoms with Crippen LogP contribution in [0.2, 0.25) is 0 Å². The number of sulfonamides is 1. The number of ether oxygens (including phenoxy) is 1. The first-order chi connectivity index (χ1) is 14.4. The van der Waals surface area contributed by atoms with E-state index in [0.717, 1.165) is 48.0 Å². The van der Waals surface area contributed by atoms with E-state index in [2.05, 4.69) is 15.8 Å². The SMILES string of the molecule is COc1ccc(C)cc1S(=O)(=O)Nc1cc(C2=CN3CCC2CC3)c2occc2c1.Cl. The molecule has 1 saturated heterocycles. The van der Waals surface area contributed by atoms with E-state index in [9.17, 15) is 8.42 Å². The molecule has 3 aliphatic heterocycles. The van der Waals surface area contributed by atoms with Gasteiger partial charge in [-0.3, -0.25) is 4.72 Å². The lowest BCUT2D eigenvalue weighted by molar-refractivity contribution is 0.252. The predicted octanol–water partition coefficient (Wildman–Crippen LogP) is 5.04. The lowest BCUT2D eigenvalue weighted by Crippen LogP contribution is -2.35. The molecule has 31 heavy (non-hydrogen) atoms. The number of benzene rings is 2. The summed E-state index contributed by atoms with van der Waals surface area (Å²) in [5.74, 6) is 0.796. The Bertz CT molecular complexity index is 1260. The Labute approximate surface area is 188 Å². The number of aryl methyl sites for hydroxylation is 1. The van der Waals surface area contributed by atoms with Crippen LogP contribution < -0.4 is 9.46 Å². The van der Waals surface area contributed by atoms with Crippen molar-refractivity contribution in [1.29, 1.82) is 0 Å². The summed E-state index contributed by atoms with van der Waals surface area (Å²) in [6.07, 6.45) is 6.09. The summed E-state index contributed by atoms with van der Waals surface area (Å²) < 4.78 is 40.2. The van der Waals surface area contributed by atoms with Crippen molar-refractivity contribution in [2.75, 3.05) is 24.9 Å². The van der Waals surface area contributed by atoms with Crippen LogP contribution in [0.15, 0.2) is 58.2 Å². The van der Waals surface area contributed by atoms with Gasteiger partial charge >= 0.3 is 0 Å². The first-order valence-corrected chi connectivity index (χ1v) is 11.6. The number of anilines is 1. The van der Waals surface area contributed by atoms with Gasteiger partial charge in [0.25, 0.3) is 10.0 Å². The number of halogens is 1. The van der Waals surface area contributed by atoms with Crippen molar-refractivity contribution in [3.8, 4) is 5.75 Å². The van der Waals surface area contributed by atoms with E-state index in [1.54, 1.807) is 18.4 Å². The van der Waals surface area contributed by atoms with E-state index in [0.29, 0.717) is 17.4 Å². The first kappa shape index (κ1) is 21.6. The van der Waals surface area contributed by atoms with E-state index in [1.165, 1.54) is 12.7 Å². The van der Waals surface area contributed by atoms with Crippen LogP contribution in [0.5, 0.6) is 5.75 Å². The number of hydrogen-bond acceptors (Lipinski definition) is 5. The normalized spacial score (nSPS) is 16.2. The number of fused-ring (bicyclic) bond motifs is 3. The number of allylic oxidation sites excluding steroid dienone is 1. The molecule has 0 atom stereocenters. The Morgan fingerprint density at radius 2 is 1.90 bits per heavy atom. The lowest BCUT2D eigenvalue weighted by Gasteiger charge is -2.39. The second-order valence-electron chi connectivity index (χ2n) is 8.02. The molecule has 0 spiro atoms. The van der Waals surface area contributed by atoms with Crippen molar-refractivity contribution in [1.82, 2.24) is 4.90 Å². The minimum Gasteiger partial charge on any atom is -0.495 e. The molecule has 1 N–H and O–H groups in total. The van der Waals surface area contributed by atoms with Gasteiger partial charge in [0.2, 0.25) is 0 Å². The van der Waals surface area contributed by atoms with E-state index >= 15 is 0 Å². The molecule has 1 fully saturated rings. The van der Waals surface area contributed by atoms with Gasteiger partial charge in [0.05, 0.1) is 19.1 Å². The van der Waals surface area contributed by atoms with Gasteiger partial charge in [-0.2, -0.15) is 0 Å². The van der Waals surface area contributed by atoms with Crippen LogP contribution in [0.1, 0.15) is 24.0 Å². The Hall–Kier alpha value is -2.64. The molecule has 2 aromatic carbocycles. The zero-order valence-corrected chi connectivity index (χ0v) is 19.1. The van der Waals surface area contributed by atoms with Crippen LogP contribution in [-0.4, -0.2) is 33.5 Å². The van der Waals surface area contributed by atoms with E-state index in [4.69, 9.17) is 9.15 Å². The van der Waals surface area contributed by atoms with Gasteiger partial charge in [0.15, 0.2) is 0 Å². The minimum absolute atomic E-state index is 0. The van der Waals surface area contributed by atoms with Crippen LogP contribution in [0.4, 0.5) is 5.69 Å². The van der Waals surface area contributed by atoms with Crippen molar-refractivity contribution < 1.29 is 17.6 Å². The van der Waals surface area contributed by atoms with E-state index in [1.807, 2.05) is 31.2 Å². The number of methoxy groups -OCH3 is 1. The molecule has 6 rings (SSSR count). The largest absolute Gasteiger partial charge is 0.495 e. The third-order valence-electron chi connectivity index (χ3n) is 6.01. The lowest BCUT2D eigenvalue weighted by atomic mass is 9.82. The maximum Gasteiger partial charge on any atom is 0.265 e. The van der Waals surface area contributed by atoms with Crippen molar-refractivity contribution >= 4 is 44.7 Å². The molecule has 0 saturated carbocycles. The smallest absolute Gasteiger partial charge is 0.265 e. The zero-order chi connectivity index (χ0) is 20.9. The fourth-order valence-corrected chi connectivity index (χ4v) is 5.79. The quantitative estimate of drug-likeness (QED) is 0.577. The van der Waals surface area contributed by atoms with Crippen LogP contribution in [0.3, 0.4) is 0 Å². The maximum absolute atomic E-state index is 13.2. The average molecular weight is 461 g/mol. The van der Waals surface area contributed by atoms with Crippen molar-refractivity contribution in [3.05, 3.63) is 60.0 Å². The highest BCUT2D eigenvalue weighted by atomic mass is 35.5. The van der Waals surface area contributed by atoms with Gasteiger partial charge < -0.3 is 14.1 Å². The van der Waals surface area contributed by atoms with E-state index < -0.39 is 10.0 Å². The molecule has 0 unspecified atom stereocenters. The molecule has 2 bridgehead atoms. The number of rotatable bonds is 5. The van der Waals surface area contributed by atoms with Gasteiger partial charge in [0.1, 0.15) is 16.2 Å². The summed E-state index contributed by atoms with van der Waals surface area (Å²) in [5, 5.41) is 0.874. The van der Waals surface area contributed by atoms with Crippen LogP contribution in [0.25, 0.3) is 16.5 Å². The summed E-state index contributed by atoms with van der Waals surface area (Å²) in [4.78, 5) is 2.46. The van der Waals surface area contributed by atoms with Gasteiger partial charge in [0, 0.05) is 30.2 Å².